The number of hydrogen-bond acceptors (Lipinski definition) is 3. The normalized spacial score (nSPS) is 23.6. The molecule has 2 N–H and O–H groups in total. The molecule has 1 aromatic rings. The van der Waals surface area contributed by atoms with Gasteiger partial charge in [-0.15, -0.1) is 0 Å². The summed E-state index contributed by atoms with van der Waals surface area (Å²) in [4.78, 5) is 26.3. The molecule has 1 aliphatic heterocycles. The molecule has 1 saturated carbocycles. The maximum atomic E-state index is 12.4. The van der Waals surface area contributed by atoms with Gasteiger partial charge in [-0.2, -0.15) is 5.10 Å². The van der Waals surface area contributed by atoms with Crippen LogP contribution >= 0.6 is 0 Å². The Morgan fingerprint density at radius 2 is 2.25 bits per heavy atom. The van der Waals surface area contributed by atoms with Crippen LogP contribution in [0.1, 0.15) is 44.2 Å². The Hall–Kier alpha value is -1.85. The summed E-state index contributed by atoms with van der Waals surface area (Å²) in [5.74, 6) is 0.290. The third kappa shape index (κ3) is 2.55. The van der Waals surface area contributed by atoms with E-state index in [-0.39, 0.29) is 29.8 Å². The minimum atomic E-state index is -0.294. The van der Waals surface area contributed by atoms with Crippen LogP contribution in [0, 0.1) is 5.92 Å². The number of nitrogens with zero attached hydrogens (tertiary/aromatic N) is 2. The molecule has 1 saturated heterocycles. The summed E-state index contributed by atoms with van der Waals surface area (Å²) < 4.78 is 0. The fraction of sp³-hybridized carbons (Fsp3) is 0.643. The minimum absolute atomic E-state index is 0.0507. The fourth-order valence-corrected chi connectivity index (χ4v) is 2.76. The third-order valence-corrected chi connectivity index (χ3v) is 4.14. The van der Waals surface area contributed by atoms with E-state index in [2.05, 4.69) is 15.5 Å². The molecule has 0 aromatic carbocycles. The molecule has 6 heteroatoms. The van der Waals surface area contributed by atoms with Crippen molar-refractivity contribution < 1.29 is 9.59 Å². The van der Waals surface area contributed by atoms with E-state index in [1.54, 1.807) is 17.3 Å². The lowest BCUT2D eigenvalue weighted by atomic mass is 10.1. The van der Waals surface area contributed by atoms with Crippen LogP contribution in [0.2, 0.25) is 0 Å². The molecular formula is C14H20N4O2. The first-order valence-electron chi connectivity index (χ1n) is 7.26. The maximum absolute atomic E-state index is 12.4. The van der Waals surface area contributed by atoms with Crippen LogP contribution in [0.3, 0.4) is 0 Å². The molecule has 1 aliphatic carbocycles. The fourth-order valence-electron chi connectivity index (χ4n) is 2.76. The average molecular weight is 276 g/mol. The van der Waals surface area contributed by atoms with E-state index in [1.807, 2.05) is 6.92 Å². The van der Waals surface area contributed by atoms with Crippen molar-refractivity contribution in [2.24, 2.45) is 5.92 Å². The zero-order chi connectivity index (χ0) is 14.1. The highest BCUT2D eigenvalue weighted by Crippen LogP contribution is 2.33. The number of carbonyl (C=O) groups excluding carboxylic acids is 2. The molecule has 2 fully saturated rings. The van der Waals surface area contributed by atoms with Gasteiger partial charge in [-0.1, -0.05) is 0 Å². The van der Waals surface area contributed by atoms with Crippen molar-refractivity contribution in [1.29, 1.82) is 0 Å². The van der Waals surface area contributed by atoms with Crippen molar-refractivity contribution in [2.45, 2.75) is 44.7 Å². The standard InChI is InChI=1S/C14H20N4O2/c1-9(11-7-15-16-8-11)17-13(19)12-3-2-6-18(12)14(20)10-4-5-10/h7-10,12H,2-6H2,1H3,(H,15,16)(H,17,19). The van der Waals surface area contributed by atoms with Crippen LogP contribution in [0.4, 0.5) is 0 Å². The van der Waals surface area contributed by atoms with Gasteiger partial charge in [0.15, 0.2) is 0 Å². The SMILES string of the molecule is CC(NC(=O)C1CCCN1C(=O)C1CC1)c1cn[nH]c1. The highest BCUT2D eigenvalue weighted by Gasteiger charge is 2.41. The van der Waals surface area contributed by atoms with Crippen LogP contribution in [0.5, 0.6) is 0 Å². The van der Waals surface area contributed by atoms with Gasteiger partial charge in [-0.05, 0) is 32.6 Å². The van der Waals surface area contributed by atoms with Crippen molar-refractivity contribution in [3.63, 3.8) is 0 Å². The minimum Gasteiger partial charge on any atom is -0.348 e. The summed E-state index contributed by atoms with van der Waals surface area (Å²) in [6.45, 7) is 2.64. The van der Waals surface area contributed by atoms with E-state index in [0.717, 1.165) is 31.2 Å². The largest absolute Gasteiger partial charge is 0.348 e. The van der Waals surface area contributed by atoms with Crippen molar-refractivity contribution in [3.8, 4) is 0 Å². The quantitative estimate of drug-likeness (QED) is 0.860. The first-order chi connectivity index (χ1) is 9.66. The Morgan fingerprint density at radius 1 is 1.45 bits per heavy atom. The van der Waals surface area contributed by atoms with E-state index >= 15 is 0 Å². The third-order valence-electron chi connectivity index (χ3n) is 4.14. The van der Waals surface area contributed by atoms with Crippen LogP contribution in [0.15, 0.2) is 12.4 Å². The smallest absolute Gasteiger partial charge is 0.243 e. The van der Waals surface area contributed by atoms with Gasteiger partial charge in [0.05, 0.1) is 12.2 Å². The van der Waals surface area contributed by atoms with Crippen LogP contribution < -0.4 is 5.32 Å². The second-order valence-electron chi connectivity index (χ2n) is 5.73. The van der Waals surface area contributed by atoms with Gasteiger partial charge in [0.25, 0.3) is 0 Å². The van der Waals surface area contributed by atoms with Gasteiger partial charge in [0, 0.05) is 24.2 Å². The van der Waals surface area contributed by atoms with Crippen LogP contribution in [0.25, 0.3) is 0 Å². The van der Waals surface area contributed by atoms with E-state index in [0.29, 0.717) is 6.54 Å². The zero-order valence-corrected chi connectivity index (χ0v) is 11.6. The van der Waals surface area contributed by atoms with E-state index < -0.39 is 0 Å². The summed E-state index contributed by atoms with van der Waals surface area (Å²) in [6, 6.07) is -0.392. The molecule has 0 bridgehead atoms. The van der Waals surface area contributed by atoms with Gasteiger partial charge in [-0.25, -0.2) is 0 Å². The number of aromatic nitrogens is 2. The number of carbonyl (C=O) groups is 2. The van der Waals surface area contributed by atoms with Gasteiger partial charge < -0.3 is 10.2 Å². The highest BCUT2D eigenvalue weighted by atomic mass is 16.2. The molecule has 6 nitrogen and oxygen atoms in total. The molecule has 2 amide bonds. The summed E-state index contributed by atoms with van der Waals surface area (Å²) in [6.07, 6.45) is 7.11. The number of H-pyrrole nitrogens is 1. The maximum Gasteiger partial charge on any atom is 0.243 e. The van der Waals surface area contributed by atoms with E-state index in [1.165, 1.54) is 0 Å². The average Bonchev–Trinajstić information content (AvgIpc) is 2.96. The van der Waals surface area contributed by atoms with E-state index in [9.17, 15) is 9.59 Å². The first-order valence-corrected chi connectivity index (χ1v) is 7.26. The predicted octanol–water partition coefficient (Wildman–Crippen LogP) is 0.988. The van der Waals surface area contributed by atoms with E-state index in [4.69, 9.17) is 0 Å². The molecule has 1 aromatic heterocycles. The number of nitrogens with one attached hydrogen (secondary N) is 2. The summed E-state index contributed by atoms with van der Waals surface area (Å²) in [5, 5.41) is 9.60. The molecule has 3 rings (SSSR count). The Labute approximate surface area is 117 Å². The molecule has 20 heavy (non-hydrogen) atoms. The highest BCUT2D eigenvalue weighted by molar-refractivity contribution is 5.90. The Balaban J connectivity index is 1.62. The molecule has 0 radical (unpaired) electrons. The topological polar surface area (TPSA) is 78.1 Å². The molecule has 2 unspecified atom stereocenters. The predicted molar refractivity (Wildman–Crippen MR) is 72.6 cm³/mol. The lowest BCUT2D eigenvalue weighted by molar-refractivity contribution is -0.139. The second kappa shape index (κ2) is 5.26. The lowest BCUT2D eigenvalue weighted by Crippen LogP contribution is -2.47. The van der Waals surface area contributed by atoms with Gasteiger partial charge in [0.1, 0.15) is 6.04 Å². The first kappa shape index (κ1) is 13.1. The Bertz CT molecular complexity index is 495. The number of hydrogen-bond donors (Lipinski definition) is 2. The van der Waals surface area contributed by atoms with Gasteiger partial charge >= 0.3 is 0 Å². The molecule has 0 spiro atoms. The second-order valence-corrected chi connectivity index (χ2v) is 5.73. The van der Waals surface area contributed by atoms with Crippen molar-refractivity contribution >= 4 is 11.8 Å². The molecule has 2 heterocycles. The number of likely N-dealkylation sites (tertiary alicyclic amines) is 1. The molecule has 2 atom stereocenters. The van der Waals surface area contributed by atoms with Crippen LogP contribution in [-0.2, 0) is 9.59 Å². The lowest BCUT2D eigenvalue weighted by Gasteiger charge is -2.25. The van der Waals surface area contributed by atoms with Gasteiger partial charge in [0.2, 0.25) is 11.8 Å². The molecular weight excluding hydrogens is 256 g/mol. The summed E-state index contributed by atoms with van der Waals surface area (Å²) in [7, 11) is 0. The van der Waals surface area contributed by atoms with Crippen LogP contribution in [-0.4, -0.2) is 39.5 Å². The zero-order valence-electron chi connectivity index (χ0n) is 11.6. The monoisotopic (exact) mass is 276 g/mol. The van der Waals surface area contributed by atoms with Gasteiger partial charge in [-0.3, -0.25) is 14.7 Å². The number of aromatic amines is 1. The van der Waals surface area contributed by atoms with Crippen molar-refractivity contribution in [3.05, 3.63) is 18.0 Å². The Morgan fingerprint density at radius 3 is 2.90 bits per heavy atom. The molecule has 108 valence electrons. The molecule has 2 aliphatic rings. The Kier molecular flexibility index (Phi) is 3.46. The number of amides is 2. The number of rotatable bonds is 4. The summed E-state index contributed by atoms with van der Waals surface area (Å²) >= 11 is 0. The summed E-state index contributed by atoms with van der Waals surface area (Å²) in [5.41, 5.74) is 0.941. The van der Waals surface area contributed by atoms with Crippen molar-refractivity contribution in [2.75, 3.05) is 6.54 Å². The van der Waals surface area contributed by atoms with Crippen molar-refractivity contribution in [1.82, 2.24) is 20.4 Å².